The average Bonchev–Trinajstić information content (AvgIpc) is 2.87. The SMILES string of the molecule is COc1ccc(CCCC(=O)N[C@H]2CCCCC[C@H]2C(=O)O)c(OC)c1. The van der Waals surface area contributed by atoms with Crippen LogP contribution < -0.4 is 14.8 Å². The minimum Gasteiger partial charge on any atom is -0.497 e. The van der Waals surface area contributed by atoms with Gasteiger partial charge in [0.15, 0.2) is 0 Å². The lowest BCUT2D eigenvalue weighted by Crippen LogP contribution is -2.42. The molecule has 1 fully saturated rings. The molecule has 26 heavy (non-hydrogen) atoms. The van der Waals surface area contributed by atoms with E-state index in [1.165, 1.54) is 0 Å². The molecule has 0 aromatic heterocycles. The number of carbonyl (C=O) groups is 2. The molecule has 1 aliphatic rings. The van der Waals surface area contributed by atoms with Crippen LogP contribution in [0.25, 0.3) is 0 Å². The molecule has 1 aliphatic carbocycles. The number of hydrogen-bond acceptors (Lipinski definition) is 4. The molecular formula is C20H29NO5. The fourth-order valence-corrected chi connectivity index (χ4v) is 3.55. The smallest absolute Gasteiger partial charge is 0.308 e. The summed E-state index contributed by atoms with van der Waals surface area (Å²) < 4.78 is 10.6. The zero-order valence-electron chi connectivity index (χ0n) is 15.6. The number of carbonyl (C=O) groups excluding carboxylic acids is 1. The zero-order valence-corrected chi connectivity index (χ0v) is 15.6. The third-order valence-corrected chi connectivity index (χ3v) is 5.02. The van der Waals surface area contributed by atoms with Crippen molar-refractivity contribution in [1.82, 2.24) is 5.32 Å². The Morgan fingerprint density at radius 1 is 1.15 bits per heavy atom. The number of aliphatic carboxylic acids is 1. The molecule has 0 radical (unpaired) electrons. The minimum atomic E-state index is -0.805. The molecule has 144 valence electrons. The van der Waals surface area contributed by atoms with Crippen LogP contribution in [0.5, 0.6) is 11.5 Å². The Labute approximate surface area is 154 Å². The standard InChI is InChI=1S/C20H29NO5/c1-25-15-12-11-14(18(13-15)26-2)7-6-10-19(22)21-17-9-5-3-4-8-16(17)20(23)24/h11-13,16-17H,3-10H2,1-2H3,(H,21,22)(H,23,24)/t16-,17+/m1/s1. The molecule has 0 heterocycles. The summed E-state index contributed by atoms with van der Waals surface area (Å²) in [6, 6.07) is 5.40. The second-order valence-corrected chi connectivity index (χ2v) is 6.79. The molecule has 0 saturated heterocycles. The lowest BCUT2D eigenvalue weighted by atomic mass is 9.94. The lowest BCUT2D eigenvalue weighted by Gasteiger charge is -2.23. The van der Waals surface area contributed by atoms with Crippen LogP contribution in [0.1, 0.15) is 50.5 Å². The quantitative estimate of drug-likeness (QED) is 0.693. The first-order valence-electron chi connectivity index (χ1n) is 9.28. The zero-order chi connectivity index (χ0) is 18.9. The molecule has 1 aromatic rings. The van der Waals surface area contributed by atoms with Crippen LogP contribution in [0, 0.1) is 5.92 Å². The van der Waals surface area contributed by atoms with Crippen molar-refractivity contribution in [2.75, 3.05) is 14.2 Å². The van der Waals surface area contributed by atoms with E-state index in [0.717, 1.165) is 42.7 Å². The Bertz CT molecular complexity index is 616. The van der Waals surface area contributed by atoms with Crippen molar-refractivity contribution < 1.29 is 24.2 Å². The van der Waals surface area contributed by atoms with Gasteiger partial charge in [0.2, 0.25) is 5.91 Å². The van der Waals surface area contributed by atoms with Gasteiger partial charge in [0.1, 0.15) is 11.5 Å². The van der Waals surface area contributed by atoms with Crippen molar-refractivity contribution >= 4 is 11.9 Å². The highest BCUT2D eigenvalue weighted by molar-refractivity contribution is 5.78. The summed E-state index contributed by atoms with van der Waals surface area (Å²) >= 11 is 0. The van der Waals surface area contributed by atoms with Crippen molar-refractivity contribution in [3.8, 4) is 11.5 Å². The van der Waals surface area contributed by atoms with Gasteiger partial charge in [-0.1, -0.05) is 25.3 Å². The largest absolute Gasteiger partial charge is 0.497 e. The number of carboxylic acid groups (broad SMARTS) is 1. The topological polar surface area (TPSA) is 84.9 Å². The molecule has 6 nitrogen and oxygen atoms in total. The van der Waals surface area contributed by atoms with Crippen LogP contribution in [0.3, 0.4) is 0 Å². The highest BCUT2D eigenvalue weighted by atomic mass is 16.5. The number of methoxy groups -OCH3 is 2. The number of aryl methyl sites for hydroxylation is 1. The maximum Gasteiger partial charge on any atom is 0.308 e. The molecule has 0 bridgehead atoms. The number of rotatable bonds is 8. The van der Waals surface area contributed by atoms with Gasteiger partial charge in [-0.3, -0.25) is 9.59 Å². The molecule has 1 amide bonds. The number of carboxylic acids is 1. The Kier molecular flexibility index (Phi) is 7.75. The van der Waals surface area contributed by atoms with Crippen molar-refractivity contribution in [3.63, 3.8) is 0 Å². The molecular weight excluding hydrogens is 334 g/mol. The molecule has 1 saturated carbocycles. The van der Waals surface area contributed by atoms with Crippen molar-refractivity contribution in [3.05, 3.63) is 23.8 Å². The van der Waals surface area contributed by atoms with E-state index in [-0.39, 0.29) is 11.9 Å². The van der Waals surface area contributed by atoms with Crippen LogP contribution >= 0.6 is 0 Å². The summed E-state index contributed by atoms with van der Waals surface area (Å²) in [5, 5.41) is 12.3. The van der Waals surface area contributed by atoms with Gasteiger partial charge in [-0.2, -0.15) is 0 Å². The molecule has 2 N–H and O–H groups in total. The first-order valence-corrected chi connectivity index (χ1v) is 9.28. The second kappa shape index (κ2) is 10.0. The minimum absolute atomic E-state index is 0.0735. The average molecular weight is 363 g/mol. The van der Waals surface area contributed by atoms with Gasteiger partial charge in [-0.25, -0.2) is 0 Å². The number of ether oxygens (including phenoxy) is 2. The highest BCUT2D eigenvalue weighted by Gasteiger charge is 2.30. The lowest BCUT2D eigenvalue weighted by molar-refractivity contribution is -0.143. The first-order chi connectivity index (χ1) is 12.5. The van der Waals surface area contributed by atoms with Gasteiger partial charge in [0.05, 0.1) is 20.1 Å². The summed E-state index contributed by atoms with van der Waals surface area (Å²) in [4.78, 5) is 23.7. The van der Waals surface area contributed by atoms with Gasteiger partial charge >= 0.3 is 5.97 Å². The Balaban J connectivity index is 1.85. The van der Waals surface area contributed by atoms with E-state index >= 15 is 0 Å². The van der Waals surface area contributed by atoms with Crippen molar-refractivity contribution in [2.45, 2.75) is 57.4 Å². The predicted molar refractivity (Wildman–Crippen MR) is 98.6 cm³/mol. The van der Waals surface area contributed by atoms with Gasteiger partial charge in [-0.15, -0.1) is 0 Å². The third kappa shape index (κ3) is 5.64. The van der Waals surface area contributed by atoms with E-state index in [2.05, 4.69) is 5.32 Å². The van der Waals surface area contributed by atoms with Gasteiger partial charge in [-0.05, 0) is 37.3 Å². The third-order valence-electron chi connectivity index (χ3n) is 5.02. The maximum atomic E-state index is 12.3. The van der Waals surface area contributed by atoms with E-state index in [9.17, 15) is 14.7 Å². The monoisotopic (exact) mass is 363 g/mol. The molecule has 2 atom stereocenters. The van der Waals surface area contributed by atoms with Crippen LogP contribution in [0.15, 0.2) is 18.2 Å². The Morgan fingerprint density at radius 3 is 2.62 bits per heavy atom. The maximum absolute atomic E-state index is 12.3. The molecule has 0 aliphatic heterocycles. The summed E-state index contributed by atoms with van der Waals surface area (Å²) in [6.45, 7) is 0. The van der Waals surface area contributed by atoms with Crippen LogP contribution in [-0.2, 0) is 16.0 Å². The number of amides is 1. The number of benzene rings is 1. The van der Waals surface area contributed by atoms with Crippen molar-refractivity contribution in [2.24, 2.45) is 5.92 Å². The fourth-order valence-electron chi connectivity index (χ4n) is 3.55. The molecule has 6 heteroatoms. The normalized spacial score (nSPS) is 20.1. The van der Waals surface area contributed by atoms with E-state index in [0.29, 0.717) is 25.7 Å². The summed E-state index contributed by atoms with van der Waals surface area (Å²) in [5.41, 5.74) is 1.03. The predicted octanol–water partition coefficient (Wildman–Crippen LogP) is 3.18. The molecule has 0 spiro atoms. The van der Waals surface area contributed by atoms with E-state index in [4.69, 9.17) is 9.47 Å². The van der Waals surface area contributed by atoms with Crippen LogP contribution in [0.2, 0.25) is 0 Å². The van der Waals surface area contributed by atoms with Gasteiger partial charge in [0, 0.05) is 18.5 Å². The van der Waals surface area contributed by atoms with Gasteiger partial charge < -0.3 is 19.9 Å². The Morgan fingerprint density at radius 2 is 1.92 bits per heavy atom. The van der Waals surface area contributed by atoms with E-state index in [1.54, 1.807) is 14.2 Å². The highest BCUT2D eigenvalue weighted by Crippen LogP contribution is 2.26. The second-order valence-electron chi connectivity index (χ2n) is 6.79. The summed E-state index contributed by atoms with van der Waals surface area (Å²) in [7, 11) is 3.22. The summed E-state index contributed by atoms with van der Waals surface area (Å²) in [5.74, 6) is 0.134. The molecule has 2 rings (SSSR count). The van der Waals surface area contributed by atoms with Gasteiger partial charge in [0.25, 0.3) is 0 Å². The van der Waals surface area contributed by atoms with Crippen molar-refractivity contribution in [1.29, 1.82) is 0 Å². The first kappa shape index (κ1) is 20.1. The Hall–Kier alpha value is -2.24. The van der Waals surface area contributed by atoms with Crippen LogP contribution in [0.4, 0.5) is 0 Å². The van der Waals surface area contributed by atoms with E-state index in [1.807, 2.05) is 18.2 Å². The van der Waals surface area contributed by atoms with Crippen LogP contribution in [-0.4, -0.2) is 37.2 Å². The number of nitrogens with one attached hydrogen (secondary N) is 1. The fraction of sp³-hybridized carbons (Fsp3) is 0.600. The molecule has 1 aromatic carbocycles. The summed E-state index contributed by atoms with van der Waals surface area (Å²) in [6.07, 6.45) is 6.08. The number of hydrogen-bond donors (Lipinski definition) is 2. The molecule has 0 unspecified atom stereocenters. The van der Waals surface area contributed by atoms with E-state index < -0.39 is 11.9 Å².